The van der Waals surface area contributed by atoms with Gasteiger partial charge in [0, 0.05) is 18.5 Å². The summed E-state index contributed by atoms with van der Waals surface area (Å²) < 4.78 is 0. The summed E-state index contributed by atoms with van der Waals surface area (Å²) >= 11 is 0. The van der Waals surface area contributed by atoms with Crippen molar-refractivity contribution < 1.29 is 4.79 Å². The number of benzene rings is 1. The highest BCUT2D eigenvalue weighted by Gasteiger charge is 2.21. The number of carbonyl (C=O) groups excluding carboxylic acids is 1. The van der Waals surface area contributed by atoms with Gasteiger partial charge >= 0.3 is 0 Å². The molecular weight excluding hydrogens is 186 g/mol. The highest BCUT2D eigenvalue weighted by molar-refractivity contribution is 5.81. The molecule has 2 rings (SSSR count). The second-order valence-corrected chi connectivity index (χ2v) is 4.44. The molecule has 1 fully saturated rings. The van der Waals surface area contributed by atoms with E-state index in [1.54, 1.807) is 0 Å². The third-order valence-electron chi connectivity index (χ3n) is 2.88. The maximum Gasteiger partial charge on any atom is 0.137 e. The molecule has 0 atom stereocenters. The number of hydrogen-bond acceptors (Lipinski definition) is 2. The van der Waals surface area contributed by atoms with Gasteiger partial charge in [-0.1, -0.05) is 25.0 Å². The number of Topliss-reactive ketones (excluding diaryl/α,β-unsaturated/α-hetero) is 1. The zero-order chi connectivity index (χ0) is 10.7. The van der Waals surface area contributed by atoms with Crippen LogP contribution in [0.25, 0.3) is 0 Å². The van der Waals surface area contributed by atoms with E-state index in [9.17, 15) is 4.79 Å². The van der Waals surface area contributed by atoms with Crippen LogP contribution in [-0.2, 0) is 11.2 Å². The number of rotatable bonds is 5. The summed E-state index contributed by atoms with van der Waals surface area (Å²) in [6.07, 6.45) is 5.01. The van der Waals surface area contributed by atoms with Gasteiger partial charge < -0.3 is 5.73 Å². The average Bonchev–Trinajstić information content (AvgIpc) is 2.98. The van der Waals surface area contributed by atoms with Crippen LogP contribution in [0.15, 0.2) is 24.3 Å². The molecule has 0 saturated heterocycles. The second kappa shape index (κ2) is 4.47. The van der Waals surface area contributed by atoms with Crippen LogP contribution in [0, 0.1) is 5.92 Å². The van der Waals surface area contributed by atoms with E-state index in [1.807, 2.05) is 24.3 Å². The van der Waals surface area contributed by atoms with Crippen molar-refractivity contribution in [2.75, 3.05) is 5.73 Å². The van der Waals surface area contributed by atoms with E-state index < -0.39 is 0 Å². The first-order chi connectivity index (χ1) is 7.24. The Labute approximate surface area is 90.5 Å². The molecule has 15 heavy (non-hydrogen) atoms. The van der Waals surface area contributed by atoms with Crippen LogP contribution < -0.4 is 5.73 Å². The van der Waals surface area contributed by atoms with Gasteiger partial charge in [-0.2, -0.15) is 0 Å². The third kappa shape index (κ3) is 3.39. The Morgan fingerprint density at radius 2 is 2.20 bits per heavy atom. The molecule has 0 unspecified atom stereocenters. The molecule has 0 bridgehead atoms. The summed E-state index contributed by atoms with van der Waals surface area (Å²) in [6.45, 7) is 0. The van der Waals surface area contributed by atoms with E-state index >= 15 is 0 Å². The van der Waals surface area contributed by atoms with Crippen LogP contribution in [0.2, 0.25) is 0 Å². The molecule has 0 spiro atoms. The summed E-state index contributed by atoms with van der Waals surface area (Å²) in [7, 11) is 0. The quantitative estimate of drug-likeness (QED) is 0.747. The SMILES string of the molecule is Nc1cccc(CC(=O)CCC2CC2)c1. The molecule has 1 aliphatic carbocycles. The zero-order valence-electron chi connectivity index (χ0n) is 8.91. The number of anilines is 1. The lowest BCUT2D eigenvalue weighted by Crippen LogP contribution is -2.03. The number of nitrogens with two attached hydrogens (primary N) is 1. The minimum absolute atomic E-state index is 0.340. The van der Waals surface area contributed by atoms with Gasteiger partial charge in [-0.25, -0.2) is 0 Å². The Kier molecular flexibility index (Phi) is 3.05. The van der Waals surface area contributed by atoms with E-state index in [2.05, 4.69) is 0 Å². The van der Waals surface area contributed by atoms with E-state index in [4.69, 9.17) is 5.73 Å². The minimum atomic E-state index is 0.340. The average molecular weight is 203 g/mol. The van der Waals surface area contributed by atoms with Crippen molar-refractivity contribution in [2.24, 2.45) is 5.92 Å². The van der Waals surface area contributed by atoms with Crippen LogP contribution in [0.1, 0.15) is 31.2 Å². The number of ketones is 1. The maximum absolute atomic E-state index is 11.6. The Hall–Kier alpha value is -1.31. The first-order valence-corrected chi connectivity index (χ1v) is 5.60. The molecule has 1 aliphatic rings. The Morgan fingerprint density at radius 3 is 2.87 bits per heavy atom. The van der Waals surface area contributed by atoms with Crippen molar-refractivity contribution in [1.29, 1.82) is 0 Å². The number of nitrogen functional groups attached to an aromatic ring is 1. The van der Waals surface area contributed by atoms with Gasteiger partial charge in [-0.05, 0) is 30.0 Å². The van der Waals surface area contributed by atoms with E-state index in [1.165, 1.54) is 12.8 Å². The number of hydrogen-bond donors (Lipinski definition) is 1. The zero-order valence-corrected chi connectivity index (χ0v) is 8.91. The highest BCUT2D eigenvalue weighted by Crippen LogP contribution is 2.33. The summed E-state index contributed by atoms with van der Waals surface area (Å²) in [5.74, 6) is 1.18. The fraction of sp³-hybridized carbons (Fsp3) is 0.462. The molecular formula is C13H17NO. The molecule has 2 nitrogen and oxygen atoms in total. The van der Waals surface area contributed by atoms with Crippen LogP contribution in [0.3, 0.4) is 0 Å². The van der Waals surface area contributed by atoms with Gasteiger partial charge in [0.1, 0.15) is 5.78 Å². The van der Waals surface area contributed by atoms with Crippen molar-refractivity contribution in [3.63, 3.8) is 0 Å². The van der Waals surface area contributed by atoms with Gasteiger partial charge in [-0.3, -0.25) is 4.79 Å². The van der Waals surface area contributed by atoms with Gasteiger partial charge in [0.2, 0.25) is 0 Å². The van der Waals surface area contributed by atoms with Gasteiger partial charge in [-0.15, -0.1) is 0 Å². The van der Waals surface area contributed by atoms with Crippen LogP contribution in [0.5, 0.6) is 0 Å². The van der Waals surface area contributed by atoms with Gasteiger partial charge in [0.05, 0.1) is 0 Å². The summed E-state index contributed by atoms with van der Waals surface area (Å²) in [5, 5.41) is 0. The normalized spacial score (nSPS) is 15.2. The smallest absolute Gasteiger partial charge is 0.137 e. The first-order valence-electron chi connectivity index (χ1n) is 5.60. The third-order valence-corrected chi connectivity index (χ3v) is 2.88. The summed E-state index contributed by atoms with van der Waals surface area (Å²) in [5.41, 5.74) is 7.43. The van der Waals surface area contributed by atoms with Crippen molar-refractivity contribution in [1.82, 2.24) is 0 Å². The predicted octanol–water partition coefficient (Wildman–Crippen LogP) is 2.57. The lowest BCUT2D eigenvalue weighted by molar-refractivity contribution is -0.118. The Bertz CT molecular complexity index is 355. The molecule has 2 heteroatoms. The van der Waals surface area contributed by atoms with Crippen LogP contribution in [-0.4, -0.2) is 5.78 Å². The van der Waals surface area contributed by atoms with Crippen molar-refractivity contribution >= 4 is 11.5 Å². The Morgan fingerprint density at radius 1 is 1.40 bits per heavy atom. The van der Waals surface area contributed by atoms with E-state index in [-0.39, 0.29) is 0 Å². The first kappa shape index (κ1) is 10.2. The maximum atomic E-state index is 11.6. The predicted molar refractivity (Wildman–Crippen MR) is 61.5 cm³/mol. The second-order valence-electron chi connectivity index (χ2n) is 4.44. The molecule has 0 heterocycles. The van der Waals surface area contributed by atoms with Crippen molar-refractivity contribution in [2.45, 2.75) is 32.1 Å². The molecule has 0 amide bonds. The van der Waals surface area contributed by atoms with Gasteiger partial charge in [0.15, 0.2) is 0 Å². The fourth-order valence-electron chi connectivity index (χ4n) is 1.79. The van der Waals surface area contributed by atoms with Crippen LogP contribution in [0.4, 0.5) is 5.69 Å². The molecule has 0 aromatic heterocycles. The van der Waals surface area contributed by atoms with Crippen LogP contribution >= 0.6 is 0 Å². The molecule has 2 N–H and O–H groups in total. The Balaban J connectivity index is 1.81. The minimum Gasteiger partial charge on any atom is -0.399 e. The van der Waals surface area contributed by atoms with Gasteiger partial charge in [0.25, 0.3) is 0 Å². The molecule has 0 radical (unpaired) electrons. The number of carbonyl (C=O) groups is 1. The van der Waals surface area contributed by atoms with Crippen molar-refractivity contribution in [3.05, 3.63) is 29.8 Å². The standard InChI is InChI=1S/C13H17NO/c14-12-3-1-2-11(8-12)9-13(15)7-6-10-4-5-10/h1-3,8,10H,4-7,9,14H2. The monoisotopic (exact) mass is 203 g/mol. The fourth-order valence-corrected chi connectivity index (χ4v) is 1.79. The largest absolute Gasteiger partial charge is 0.399 e. The molecule has 0 aliphatic heterocycles. The molecule has 1 aromatic carbocycles. The highest BCUT2D eigenvalue weighted by atomic mass is 16.1. The van der Waals surface area contributed by atoms with E-state index in [0.29, 0.717) is 12.2 Å². The molecule has 1 aromatic rings. The van der Waals surface area contributed by atoms with Crippen molar-refractivity contribution in [3.8, 4) is 0 Å². The van der Waals surface area contributed by atoms with E-state index in [0.717, 1.165) is 30.0 Å². The summed E-state index contributed by atoms with van der Waals surface area (Å²) in [6, 6.07) is 7.59. The molecule has 80 valence electrons. The topological polar surface area (TPSA) is 43.1 Å². The lowest BCUT2D eigenvalue weighted by atomic mass is 10.0. The summed E-state index contributed by atoms with van der Waals surface area (Å²) in [4.78, 5) is 11.6. The molecule has 1 saturated carbocycles. The lowest BCUT2D eigenvalue weighted by Gasteiger charge is -2.01.